The largest absolute Gasteiger partial charge is 0.270 e. The molecule has 1 aliphatic heterocycles. The summed E-state index contributed by atoms with van der Waals surface area (Å²) in [7, 11) is -4.04. The highest BCUT2D eigenvalue weighted by Gasteiger charge is 2.44. The van der Waals surface area contributed by atoms with Crippen molar-refractivity contribution in [2.75, 3.05) is 11.9 Å². The van der Waals surface area contributed by atoms with E-state index in [-0.39, 0.29) is 22.7 Å². The van der Waals surface area contributed by atoms with Gasteiger partial charge in [-0.15, -0.1) is 0 Å². The van der Waals surface area contributed by atoms with Gasteiger partial charge in [0.1, 0.15) is 4.90 Å². The molecule has 0 spiro atoms. The van der Waals surface area contributed by atoms with Crippen molar-refractivity contribution in [1.82, 2.24) is 4.31 Å². The van der Waals surface area contributed by atoms with Crippen LogP contribution in [0.4, 0.5) is 5.69 Å². The highest BCUT2D eigenvalue weighted by Crippen LogP contribution is 2.35. The molecule has 0 unspecified atom stereocenters. The number of rotatable bonds is 4. The third-order valence-electron chi connectivity index (χ3n) is 3.13. The van der Waals surface area contributed by atoms with Crippen LogP contribution in [0.25, 0.3) is 0 Å². The van der Waals surface area contributed by atoms with Crippen LogP contribution in [-0.2, 0) is 10.0 Å². The van der Waals surface area contributed by atoms with Gasteiger partial charge in [-0.3, -0.25) is 14.9 Å². The first-order valence-electron chi connectivity index (χ1n) is 6.02. The molecule has 9 heteroatoms. The lowest BCUT2D eigenvalue weighted by Gasteiger charge is -2.27. The number of hydrogen-bond donors (Lipinski definition) is 0. The summed E-state index contributed by atoms with van der Waals surface area (Å²) in [5.41, 5.74) is -0.825. The van der Waals surface area contributed by atoms with Crippen LogP contribution in [0, 0.1) is 15.5 Å². The number of nitro groups is 1. The molecule has 1 aromatic rings. The van der Waals surface area contributed by atoms with Crippen LogP contribution in [0.2, 0.25) is 0 Å². The van der Waals surface area contributed by atoms with Gasteiger partial charge in [-0.2, -0.15) is 0 Å². The van der Waals surface area contributed by atoms with E-state index in [0.717, 1.165) is 16.4 Å². The van der Waals surface area contributed by atoms with Crippen LogP contribution >= 0.6 is 15.9 Å². The van der Waals surface area contributed by atoms with Crippen LogP contribution in [0.5, 0.6) is 0 Å². The number of non-ortho nitro benzene ring substituents is 1. The highest BCUT2D eigenvalue weighted by atomic mass is 79.9. The molecular formula is C12H13BrN2O5S. The Balaban J connectivity index is 2.52. The standard InChI is InChI=1S/C12H13BrN2O5S/c1-12(2,6-13)7-14-11(16)9-4-3-8(15(17)18)5-10(9)21(14,19)20/h3-5H,6-7H2,1-2H3. The van der Waals surface area contributed by atoms with Crippen molar-refractivity contribution in [2.24, 2.45) is 5.41 Å². The molecule has 114 valence electrons. The number of fused-ring (bicyclic) bond motifs is 1. The maximum Gasteiger partial charge on any atom is 0.270 e. The Kier molecular flexibility index (Phi) is 3.83. The Hall–Kier alpha value is -1.48. The van der Waals surface area contributed by atoms with Crippen LogP contribution in [0.3, 0.4) is 0 Å². The number of nitrogens with zero attached hydrogens (tertiary/aromatic N) is 2. The topological polar surface area (TPSA) is 97.6 Å². The van der Waals surface area contributed by atoms with E-state index in [1.807, 2.05) is 13.8 Å². The second kappa shape index (κ2) is 5.06. The number of carbonyl (C=O) groups excluding carboxylic acids is 1. The number of sulfonamides is 1. The van der Waals surface area contributed by atoms with Crippen LogP contribution < -0.4 is 0 Å². The van der Waals surface area contributed by atoms with Crippen molar-refractivity contribution in [1.29, 1.82) is 0 Å². The summed E-state index contributed by atoms with van der Waals surface area (Å²) in [5, 5.41) is 11.3. The summed E-state index contributed by atoms with van der Waals surface area (Å²) in [6.07, 6.45) is 0. The summed E-state index contributed by atoms with van der Waals surface area (Å²) >= 11 is 3.28. The Morgan fingerprint density at radius 1 is 1.38 bits per heavy atom. The molecule has 1 aliphatic rings. The maximum atomic E-state index is 12.4. The van der Waals surface area contributed by atoms with E-state index >= 15 is 0 Å². The van der Waals surface area contributed by atoms with Crippen LogP contribution in [0.1, 0.15) is 24.2 Å². The van der Waals surface area contributed by atoms with Gasteiger partial charge < -0.3 is 0 Å². The average molecular weight is 377 g/mol. The zero-order valence-electron chi connectivity index (χ0n) is 11.4. The second-order valence-corrected chi connectivity index (χ2v) is 7.94. The molecule has 2 rings (SSSR count). The fourth-order valence-electron chi connectivity index (χ4n) is 1.96. The molecule has 21 heavy (non-hydrogen) atoms. The van der Waals surface area contributed by atoms with E-state index in [0.29, 0.717) is 5.33 Å². The van der Waals surface area contributed by atoms with Crippen molar-refractivity contribution in [3.05, 3.63) is 33.9 Å². The Morgan fingerprint density at radius 2 is 2.00 bits per heavy atom. The second-order valence-electron chi connectivity index (χ2n) is 5.55. The molecule has 7 nitrogen and oxygen atoms in total. The Bertz CT molecular complexity index is 729. The SMILES string of the molecule is CC(C)(CBr)CN1C(=O)c2ccc([N+](=O)[O-])cc2S1(=O)=O. The highest BCUT2D eigenvalue weighted by molar-refractivity contribution is 9.09. The molecule has 0 aromatic heterocycles. The number of hydrogen-bond acceptors (Lipinski definition) is 5. The first-order valence-corrected chi connectivity index (χ1v) is 8.58. The van der Waals surface area contributed by atoms with E-state index in [9.17, 15) is 23.3 Å². The van der Waals surface area contributed by atoms with Crippen molar-refractivity contribution < 1.29 is 18.1 Å². The lowest BCUT2D eigenvalue weighted by atomic mass is 9.97. The lowest BCUT2D eigenvalue weighted by molar-refractivity contribution is -0.385. The van der Waals surface area contributed by atoms with Gasteiger partial charge in [-0.25, -0.2) is 12.7 Å². The zero-order chi connectivity index (χ0) is 16.0. The molecule has 1 heterocycles. The molecule has 0 bridgehead atoms. The van der Waals surface area contributed by atoms with Gasteiger partial charge in [0.15, 0.2) is 0 Å². The van der Waals surface area contributed by atoms with E-state index in [1.54, 1.807) is 0 Å². The molecule has 0 saturated carbocycles. The zero-order valence-corrected chi connectivity index (χ0v) is 13.8. The maximum absolute atomic E-state index is 12.4. The van der Waals surface area contributed by atoms with E-state index in [2.05, 4.69) is 15.9 Å². The van der Waals surface area contributed by atoms with E-state index in [1.165, 1.54) is 6.07 Å². The normalized spacial score (nSPS) is 16.9. The van der Waals surface area contributed by atoms with Crippen molar-refractivity contribution in [3.63, 3.8) is 0 Å². The number of amides is 1. The first kappa shape index (κ1) is 15.9. The van der Waals surface area contributed by atoms with Crippen LogP contribution in [0.15, 0.2) is 23.1 Å². The third-order valence-corrected chi connectivity index (χ3v) is 6.42. The monoisotopic (exact) mass is 376 g/mol. The summed E-state index contributed by atoms with van der Waals surface area (Å²) < 4.78 is 25.6. The molecule has 0 fully saturated rings. The number of alkyl halides is 1. The van der Waals surface area contributed by atoms with Crippen molar-refractivity contribution in [3.8, 4) is 0 Å². The fourth-order valence-corrected chi connectivity index (χ4v) is 3.92. The molecule has 0 N–H and O–H groups in total. The lowest BCUT2D eigenvalue weighted by Crippen LogP contribution is -2.39. The third kappa shape index (κ3) is 2.67. The smallest absolute Gasteiger partial charge is 0.268 e. The minimum absolute atomic E-state index is 0.00188. The number of nitro benzene ring substituents is 1. The van der Waals surface area contributed by atoms with E-state index < -0.39 is 26.3 Å². The Labute approximate surface area is 130 Å². The van der Waals surface area contributed by atoms with Gasteiger partial charge in [0.2, 0.25) is 0 Å². The number of carbonyl (C=O) groups is 1. The van der Waals surface area contributed by atoms with Gasteiger partial charge >= 0.3 is 0 Å². The summed E-state index contributed by atoms with van der Waals surface area (Å²) in [4.78, 5) is 22.0. The van der Waals surface area contributed by atoms with E-state index in [4.69, 9.17) is 0 Å². The van der Waals surface area contributed by atoms with Gasteiger partial charge in [0, 0.05) is 24.0 Å². The predicted molar refractivity (Wildman–Crippen MR) is 78.9 cm³/mol. The predicted octanol–water partition coefficient (Wildman–Crippen LogP) is 2.16. The first-order chi connectivity index (χ1) is 9.60. The summed E-state index contributed by atoms with van der Waals surface area (Å²) in [5.74, 6) is -0.645. The van der Waals surface area contributed by atoms with Gasteiger partial charge in [0.05, 0.1) is 10.5 Å². The molecule has 0 saturated heterocycles. The van der Waals surface area contributed by atoms with Gasteiger partial charge in [0.25, 0.3) is 21.6 Å². The fraction of sp³-hybridized carbons (Fsp3) is 0.417. The Morgan fingerprint density at radius 3 is 2.52 bits per heavy atom. The number of benzene rings is 1. The minimum Gasteiger partial charge on any atom is -0.268 e. The van der Waals surface area contributed by atoms with Crippen LogP contribution in [-0.4, -0.2) is 35.4 Å². The van der Waals surface area contributed by atoms with Gasteiger partial charge in [-0.1, -0.05) is 29.8 Å². The molecule has 1 aromatic carbocycles. The molecule has 0 aliphatic carbocycles. The molecule has 1 amide bonds. The summed E-state index contributed by atoms with van der Waals surface area (Å²) in [6, 6.07) is 3.25. The van der Waals surface area contributed by atoms with Crippen molar-refractivity contribution >= 4 is 37.5 Å². The quantitative estimate of drug-likeness (QED) is 0.455. The molecule has 0 radical (unpaired) electrons. The molecular weight excluding hydrogens is 364 g/mol. The summed E-state index contributed by atoms with van der Waals surface area (Å²) in [6.45, 7) is 3.63. The van der Waals surface area contributed by atoms with Gasteiger partial charge in [-0.05, 0) is 11.5 Å². The van der Waals surface area contributed by atoms with Crippen molar-refractivity contribution in [2.45, 2.75) is 18.7 Å². The molecule has 0 atom stereocenters. The minimum atomic E-state index is -4.04. The number of halogens is 1. The average Bonchev–Trinajstić information content (AvgIpc) is 2.59.